The fourth-order valence-corrected chi connectivity index (χ4v) is 3.94. The summed E-state index contributed by atoms with van der Waals surface area (Å²) in [6.07, 6.45) is 0.789. The average molecular weight is 325 g/mol. The topological polar surface area (TPSA) is 64.8 Å². The van der Waals surface area contributed by atoms with Crippen molar-refractivity contribution >= 4 is 11.6 Å². The Morgan fingerprint density at radius 1 is 1.08 bits per heavy atom. The molecule has 0 amide bonds. The largest absolute Gasteiger partial charge is 0.298 e. The third-order valence-electron chi connectivity index (χ3n) is 4.90. The SMILES string of the molecule is Cc1cc(C)c(C2C(=O)CC(Cc3nn(C)nc3C)C2=O)c(C)c1. The number of benzene rings is 1. The molecule has 0 aliphatic heterocycles. The molecule has 1 heterocycles. The smallest absolute Gasteiger partial charge is 0.151 e. The zero-order valence-electron chi connectivity index (χ0n) is 14.9. The first-order valence-electron chi connectivity index (χ1n) is 8.29. The summed E-state index contributed by atoms with van der Waals surface area (Å²) in [6, 6.07) is 4.09. The van der Waals surface area contributed by atoms with E-state index in [1.54, 1.807) is 7.05 Å². The van der Waals surface area contributed by atoms with Crippen molar-refractivity contribution in [1.29, 1.82) is 0 Å². The first-order chi connectivity index (χ1) is 11.3. The zero-order chi connectivity index (χ0) is 17.6. The van der Waals surface area contributed by atoms with Gasteiger partial charge in [-0.1, -0.05) is 17.7 Å². The summed E-state index contributed by atoms with van der Waals surface area (Å²) in [7, 11) is 1.76. The van der Waals surface area contributed by atoms with E-state index >= 15 is 0 Å². The molecular weight excluding hydrogens is 302 g/mol. The lowest BCUT2D eigenvalue weighted by Crippen LogP contribution is -2.19. The highest BCUT2D eigenvalue weighted by molar-refractivity contribution is 6.15. The summed E-state index contributed by atoms with van der Waals surface area (Å²) in [6.45, 7) is 7.88. The Morgan fingerprint density at radius 3 is 2.25 bits per heavy atom. The van der Waals surface area contributed by atoms with Gasteiger partial charge in [0.2, 0.25) is 0 Å². The number of nitrogens with zero attached hydrogens (tertiary/aromatic N) is 3. The summed E-state index contributed by atoms with van der Waals surface area (Å²) in [4.78, 5) is 27.1. The molecule has 3 rings (SSSR count). The van der Waals surface area contributed by atoms with Gasteiger partial charge in [0.15, 0.2) is 5.78 Å². The van der Waals surface area contributed by atoms with E-state index in [2.05, 4.69) is 10.2 Å². The van der Waals surface area contributed by atoms with Crippen LogP contribution in [0.25, 0.3) is 0 Å². The van der Waals surface area contributed by atoms with Crippen LogP contribution in [0.1, 0.15) is 46.0 Å². The van der Waals surface area contributed by atoms with Gasteiger partial charge in [-0.3, -0.25) is 9.59 Å². The van der Waals surface area contributed by atoms with E-state index in [1.807, 2.05) is 39.8 Å². The van der Waals surface area contributed by atoms with Gasteiger partial charge >= 0.3 is 0 Å². The lowest BCUT2D eigenvalue weighted by Gasteiger charge is -2.16. The molecule has 2 unspecified atom stereocenters. The van der Waals surface area contributed by atoms with E-state index < -0.39 is 5.92 Å². The molecule has 0 radical (unpaired) electrons. The standard InChI is InChI=1S/C19H23N3O2/c1-10-6-11(2)17(12(3)7-10)18-16(23)9-14(19(18)24)8-15-13(4)20-22(5)21-15/h6-7,14,18H,8-9H2,1-5H3. The molecule has 1 aliphatic rings. The number of carbonyl (C=O) groups is 2. The second-order valence-electron chi connectivity index (χ2n) is 6.94. The molecule has 0 spiro atoms. The number of hydrogen-bond acceptors (Lipinski definition) is 4. The molecule has 1 aromatic carbocycles. The van der Waals surface area contributed by atoms with Gasteiger partial charge in [-0.05, 0) is 44.4 Å². The first-order valence-corrected chi connectivity index (χ1v) is 8.29. The molecule has 1 saturated carbocycles. The van der Waals surface area contributed by atoms with Crippen molar-refractivity contribution in [3.8, 4) is 0 Å². The van der Waals surface area contributed by atoms with Gasteiger partial charge in [-0.25, -0.2) is 0 Å². The van der Waals surface area contributed by atoms with Crippen LogP contribution in [0.15, 0.2) is 12.1 Å². The minimum absolute atomic E-state index is 0.0279. The number of ketones is 2. The van der Waals surface area contributed by atoms with Crippen molar-refractivity contribution in [2.24, 2.45) is 13.0 Å². The molecule has 5 nitrogen and oxygen atoms in total. The summed E-state index contributed by atoms with van der Waals surface area (Å²) in [5.41, 5.74) is 5.73. The van der Waals surface area contributed by atoms with Crippen LogP contribution >= 0.6 is 0 Å². The van der Waals surface area contributed by atoms with Crippen LogP contribution in [0.4, 0.5) is 0 Å². The fraction of sp³-hybridized carbons (Fsp3) is 0.474. The van der Waals surface area contributed by atoms with Crippen LogP contribution in [0.2, 0.25) is 0 Å². The maximum Gasteiger partial charge on any atom is 0.151 e. The van der Waals surface area contributed by atoms with Gasteiger partial charge in [-0.2, -0.15) is 15.0 Å². The van der Waals surface area contributed by atoms with Crippen molar-refractivity contribution in [3.05, 3.63) is 45.8 Å². The Morgan fingerprint density at radius 2 is 1.71 bits per heavy atom. The maximum atomic E-state index is 13.0. The molecule has 2 aromatic rings. The van der Waals surface area contributed by atoms with Gasteiger partial charge in [-0.15, -0.1) is 0 Å². The molecule has 2 atom stereocenters. The Hall–Kier alpha value is -2.30. The highest BCUT2D eigenvalue weighted by Crippen LogP contribution is 2.37. The molecule has 24 heavy (non-hydrogen) atoms. The molecule has 1 fully saturated rings. The van der Waals surface area contributed by atoms with Crippen molar-refractivity contribution in [2.75, 3.05) is 0 Å². The molecule has 1 aliphatic carbocycles. The summed E-state index contributed by atoms with van der Waals surface area (Å²) < 4.78 is 0. The maximum absolute atomic E-state index is 13.0. The first kappa shape index (κ1) is 16.6. The molecule has 5 heteroatoms. The number of Topliss-reactive ketones (excluding diaryl/α,β-unsaturated/α-hetero) is 2. The third kappa shape index (κ3) is 2.79. The predicted molar refractivity (Wildman–Crippen MR) is 91.0 cm³/mol. The second-order valence-corrected chi connectivity index (χ2v) is 6.94. The highest BCUT2D eigenvalue weighted by atomic mass is 16.2. The van der Waals surface area contributed by atoms with Crippen LogP contribution in [-0.2, 0) is 23.1 Å². The Kier molecular flexibility index (Phi) is 4.11. The molecule has 0 N–H and O–H groups in total. The van der Waals surface area contributed by atoms with E-state index in [0.717, 1.165) is 33.6 Å². The van der Waals surface area contributed by atoms with Crippen molar-refractivity contribution in [3.63, 3.8) is 0 Å². The summed E-state index contributed by atoms with van der Waals surface area (Å²) >= 11 is 0. The zero-order valence-corrected chi connectivity index (χ0v) is 14.9. The van der Waals surface area contributed by atoms with Crippen molar-refractivity contribution < 1.29 is 9.59 Å². The minimum Gasteiger partial charge on any atom is -0.298 e. The highest BCUT2D eigenvalue weighted by Gasteiger charge is 2.43. The van der Waals surface area contributed by atoms with E-state index in [0.29, 0.717) is 12.8 Å². The Bertz CT molecular complexity index is 812. The minimum atomic E-state index is -0.618. The lowest BCUT2D eigenvalue weighted by atomic mass is 9.86. The van der Waals surface area contributed by atoms with Crippen LogP contribution in [0.3, 0.4) is 0 Å². The van der Waals surface area contributed by atoms with Crippen LogP contribution < -0.4 is 0 Å². The summed E-state index contributed by atoms with van der Waals surface area (Å²) in [5, 5.41) is 8.54. The molecule has 0 bridgehead atoms. The van der Waals surface area contributed by atoms with Gasteiger partial charge in [0.1, 0.15) is 11.7 Å². The lowest BCUT2D eigenvalue weighted by molar-refractivity contribution is -0.124. The van der Waals surface area contributed by atoms with E-state index in [4.69, 9.17) is 0 Å². The average Bonchev–Trinajstić information content (AvgIpc) is 2.91. The number of aromatic nitrogens is 3. The second kappa shape index (κ2) is 5.96. The quantitative estimate of drug-likeness (QED) is 0.814. The molecular formula is C19H23N3O2. The number of aryl methyl sites for hydroxylation is 5. The van der Waals surface area contributed by atoms with Crippen LogP contribution in [0, 0.1) is 33.6 Å². The Balaban J connectivity index is 1.91. The van der Waals surface area contributed by atoms with Crippen molar-refractivity contribution in [1.82, 2.24) is 15.0 Å². The molecule has 1 aromatic heterocycles. The number of rotatable bonds is 3. The van der Waals surface area contributed by atoms with Gasteiger partial charge < -0.3 is 0 Å². The van der Waals surface area contributed by atoms with Gasteiger partial charge in [0, 0.05) is 25.8 Å². The van der Waals surface area contributed by atoms with Gasteiger partial charge in [0.25, 0.3) is 0 Å². The predicted octanol–water partition coefficient (Wildman–Crippen LogP) is 2.53. The Labute approximate surface area is 142 Å². The fourth-order valence-electron chi connectivity index (χ4n) is 3.94. The number of carbonyl (C=O) groups excluding carboxylic acids is 2. The number of hydrogen-bond donors (Lipinski definition) is 0. The van der Waals surface area contributed by atoms with Crippen molar-refractivity contribution in [2.45, 2.75) is 46.5 Å². The van der Waals surface area contributed by atoms with Gasteiger partial charge in [0.05, 0.1) is 11.4 Å². The molecule has 0 saturated heterocycles. The normalized spacial score (nSPS) is 20.9. The molecule has 126 valence electrons. The van der Waals surface area contributed by atoms with E-state index in [-0.39, 0.29) is 17.5 Å². The van der Waals surface area contributed by atoms with E-state index in [9.17, 15) is 9.59 Å². The monoisotopic (exact) mass is 325 g/mol. The van der Waals surface area contributed by atoms with Crippen LogP contribution in [-0.4, -0.2) is 26.6 Å². The third-order valence-corrected chi connectivity index (χ3v) is 4.90. The van der Waals surface area contributed by atoms with Crippen LogP contribution in [0.5, 0.6) is 0 Å². The summed E-state index contributed by atoms with van der Waals surface area (Å²) in [5.74, 6) is -0.854. The van der Waals surface area contributed by atoms with E-state index in [1.165, 1.54) is 4.80 Å².